The molecule has 0 spiro atoms. The van der Waals surface area contributed by atoms with Gasteiger partial charge in [-0.05, 0) is 0 Å². The predicted molar refractivity (Wildman–Crippen MR) is 42.0 cm³/mol. The van der Waals surface area contributed by atoms with Gasteiger partial charge in [0.05, 0.1) is 0 Å². The fourth-order valence-electron chi connectivity index (χ4n) is 0.547. The smallest absolute Gasteiger partial charge is 0.170 e. The third kappa shape index (κ3) is 1.39. The van der Waals surface area contributed by atoms with Crippen LogP contribution in [0.2, 0.25) is 5.15 Å². The van der Waals surface area contributed by atoms with E-state index in [0.29, 0.717) is 16.6 Å². The Hall–Kier alpha value is -0.765. The van der Waals surface area contributed by atoms with Crippen molar-refractivity contribution in [2.45, 2.75) is 0 Å². The molecule has 0 aliphatic heterocycles. The van der Waals surface area contributed by atoms with E-state index in [1.165, 1.54) is 6.20 Å². The number of aromatic nitrogens is 2. The molecule has 1 aromatic heterocycles. The van der Waals surface area contributed by atoms with Gasteiger partial charge in [0.15, 0.2) is 11.0 Å². The molecule has 1 rings (SSSR count). The van der Waals surface area contributed by atoms with Gasteiger partial charge in [0.25, 0.3) is 0 Å². The summed E-state index contributed by atoms with van der Waals surface area (Å²) >= 11 is 5.61. The lowest BCUT2D eigenvalue weighted by Gasteiger charge is -2.00. The van der Waals surface area contributed by atoms with Crippen LogP contribution in [0, 0.1) is 0 Å². The number of nitrogens with zero attached hydrogens (tertiary/aromatic N) is 2. The molecule has 5 heteroatoms. The number of hydrogen-bond donors (Lipinski definition) is 1. The van der Waals surface area contributed by atoms with Gasteiger partial charge in [-0.25, -0.2) is 9.97 Å². The van der Waals surface area contributed by atoms with Crippen molar-refractivity contribution in [3.05, 3.63) is 11.3 Å². The second-order valence-corrected chi connectivity index (χ2v) is 2.04. The molecular formula is C5H5BClN3. The third-order valence-corrected chi connectivity index (χ3v) is 1.25. The molecule has 0 saturated heterocycles. The van der Waals surface area contributed by atoms with E-state index < -0.39 is 0 Å². The predicted octanol–water partition coefficient (Wildman–Crippen LogP) is -0.0345. The SMILES string of the molecule is [B]c1cnc(NC)c(Cl)n1. The molecule has 1 N–H and O–H groups in total. The van der Waals surface area contributed by atoms with Gasteiger partial charge in [-0.1, -0.05) is 11.6 Å². The highest BCUT2D eigenvalue weighted by Gasteiger charge is 1.98. The summed E-state index contributed by atoms with van der Waals surface area (Å²) in [4.78, 5) is 7.63. The van der Waals surface area contributed by atoms with Crippen molar-refractivity contribution in [1.82, 2.24) is 9.97 Å². The van der Waals surface area contributed by atoms with E-state index in [1.807, 2.05) is 0 Å². The monoisotopic (exact) mass is 153 g/mol. The number of rotatable bonds is 1. The van der Waals surface area contributed by atoms with E-state index >= 15 is 0 Å². The summed E-state index contributed by atoms with van der Waals surface area (Å²) in [5.74, 6) is 0.538. The van der Waals surface area contributed by atoms with Crippen molar-refractivity contribution in [2.24, 2.45) is 0 Å². The van der Waals surface area contributed by atoms with E-state index in [-0.39, 0.29) is 0 Å². The highest BCUT2D eigenvalue weighted by atomic mass is 35.5. The molecule has 0 saturated carbocycles. The topological polar surface area (TPSA) is 37.8 Å². The largest absolute Gasteiger partial charge is 0.371 e. The summed E-state index contributed by atoms with van der Waals surface area (Å²) in [6, 6.07) is 0. The number of halogens is 1. The van der Waals surface area contributed by atoms with E-state index in [2.05, 4.69) is 15.3 Å². The molecule has 0 aliphatic rings. The van der Waals surface area contributed by atoms with Gasteiger partial charge in [0.1, 0.15) is 7.85 Å². The molecular weight excluding hydrogens is 148 g/mol. The second-order valence-electron chi connectivity index (χ2n) is 1.68. The van der Waals surface area contributed by atoms with E-state index in [9.17, 15) is 0 Å². The van der Waals surface area contributed by atoms with Gasteiger partial charge in [-0.15, -0.1) is 0 Å². The summed E-state index contributed by atoms with van der Waals surface area (Å²) in [5.41, 5.74) is 0.323. The van der Waals surface area contributed by atoms with Crippen molar-refractivity contribution in [3.8, 4) is 0 Å². The maximum atomic E-state index is 5.61. The molecule has 0 unspecified atom stereocenters. The average Bonchev–Trinajstić information content (AvgIpc) is 1.88. The molecule has 50 valence electrons. The van der Waals surface area contributed by atoms with Gasteiger partial charge in [-0.3, -0.25) is 0 Å². The van der Waals surface area contributed by atoms with Crippen LogP contribution >= 0.6 is 11.6 Å². The second kappa shape index (κ2) is 2.88. The molecule has 0 aliphatic carbocycles. The van der Waals surface area contributed by atoms with Crippen LogP contribution in [0.1, 0.15) is 0 Å². The minimum Gasteiger partial charge on any atom is -0.371 e. The van der Waals surface area contributed by atoms with Crippen molar-refractivity contribution in [1.29, 1.82) is 0 Å². The quantitative estimate of drug-likeness (QED) is 0.576. The first-order valence-corrected chi connectivity index (χ1v) is 3.07. The molecule has 10 heavy (non-hydrogen) atoms. The van der Waals surface area contributed by atoms with Crippen LogP contribution in [0.4, 0.5) is 5.82 Å². The molecule has 1 aromatic rings. The first kappa shape index (κ1) is 7.34. The van der Waals surface area contributed by atoms with Crippen LogP contribution in [0.25, 0.3) is 0 Å². The van der Waals surface area contributed by atoms with Crippen LogP contribution in [0.15, 0.2) is 6.20 Å². The van der Waals surface area contributed by atoms with E-state index in [1.54, 1.807) is 7.05 Å². The standard InChI is InChI=1S/C5H5BClN3/c1-8-5-4(7)10-3(6)2-9-5/h2H,1H3,(H,8,9). The van der Waals surface area contributed by atoms with Crippen LogP contribution in [-0.4, -0.2) is 24.9 Å². The lowest BCUT2D eigenvalue weighted by atomic mass is 10.1. The van der Waals surface area contributed by atoms with Gasteiger partial charge >= 0.3 is 0 Å². The van der Waals surface area contributed by atoms with Crippen LogP contribution < -0.4 is 10.9 Å². The van der Waals surface area contributed by atoms with Crippen molar-refractivity contribution in [3.63, 3.8) is 0 Å². The Bertz CT molecular complexity index is 240. The molecule has 0 amide bonds. The van der Waals surface area contributed by atoms with Gasteiger partial charge in [0.2, 0.25) is 0 Å². The van der Waals surface area contributed by atoms with E-state index in [4.69, 9.17) is 19.4 Å². The Balaban J connectivity index is 3.07. The van der Waals surface area contributed by atoms with Crippen LogP contribution in [0.5, 0.6) is 0 Å². The number of nitrogens with one attached hydrogen (secondary N) is 1. The lowest BCUT2D eigenvalue weighted by molar-refractivity contribution is 1.22. The minimum atomic E-state index is 0.294. The Labute approximate surface area is 65.2 Å². The molecule has 0 fully saturated rings. The summed E-state index contributed by atoms with van der Waals surface area (Å²) in [5, 5.41) is 3.06. The summed E-state index contributed by atoms with van der Waals surface area (Å²) < 4.78 is 0. The fraction of sp³-hybridized carbons (Fsp3) is 0.200. The normalized spacial score (nSPS) is 9.40. The van der Waals surface area contributed by atoms with Crippen molar-refractivity contribution >= 4 is 30.9 Å². The maximum Gasteiger partial charge on any atom is 0.170 e. The fourth-order valence-corrected chi connectivity index (χ4v) is 0.788. The number of hydrogen-bond acceptors (Lipinski definition) is 3. The molecule has 0 aromatic carbocycles. The van der Waals surface area contributed by atoms with Crippen LogP contribution in [-0.2, 0) is 0 Å². The maximum absolute atomic E-state index is 5.61. The van der Waals surface area contributed by atoms with Crippen LogP contribution in [0.3, 0.4) is 0 Å². The summed E-state index contributed by atoms with van der Waals surface area (Å²) in [7, 11) is 7.01. The Morgan fingerprint density at radius 1 is 1.70 bits per heavy atom. The highest BCUT2D eigenvalue weighted by Crippen LogP contribution is 2.11. The molecule has 1 heterocycles. The Morgan fingerprint density at radius 2 is 2.40 bits per heavy atom. The molecule has 2 radical (unpaired) electrons. The molecule has 0 atom stereocenters. The lowest BCUT2D eigenvalue weighted by Crippen LogP contribution is -2.10. The summed E-state index contributed by atoms with van der Waals surface area (Å²) in [6.07, 6.45) is 1.44. The number of anilines is 1. The van der Waals surface area contributed by atoms with Gasteiger partial charge < -0.3 is 5.32 Å². The minimum absolute atomic E-state index is 0.294. The van der Waals surface area contributed by atoms with Gasteiger partial charge in [0, 0.05) is 18.8 Å². The Kier molecular flexibility index (Phi) is 2.11. The zero-order valence-corrected chi connectivity index (χ0v) is 6.18. The zero-order valence-electron chi connectivity index (χ0n) is 5.43. The van der Waals surface area contributed by atoms with Crippen molar-refractivity contribution < 1.29 is 0 Å². The molecule has 3 nitrogen and oxygen atoms in total. The third-order valence-electron chi connectivity index (χ3n) is 0.985. The zero-order chi connectivity index (χ0) is 7.56. The first-order valence-electron chi connectivity index (χ1n) is 2.70. The average molecular weight is 153 g/mol. The highest BCUT2D eigenvalue weighted by molar-refractivity contribution is 6.34. The Morgan fingerprint density at radius 3 is 2.90 bits per heavy atom. The molecule has 0 bridgehead atoms. The van der Waals surface area contributed by atoms with Crippen molar-refractivity contribution in [2.75, 3.05) is 12.4 Å². The first-order chi connectivity index (χ1) is 4.74. The van der Waals surface area contributed by atoms with E-state index in [0.717, 1.165) is 0 Å². The summed E-state index contributed by atoms with van der Waals surface area (Å²) in [6.45, 7) is 0. The van der Waals surface area contributed by atoms with Gasteiger partial charge in [-0.2, -0.15) is 0 Å².